The van der Waals surface area contributed by atoms with Crippen molar-refractivity contribution in [1.82, 2.24) is 14.8 Å². The second-order valence-corrected chi connectivity index (χ2v) is 6.60. The summed E-state index contributed by atoms with van der Waals surface area (Å²) in [4.78, 5) is 15.9. The third-order valence-electron chi connectivity index (χ3n) is 4.97. The van der Waals surface area contributed by atoms with Gasteiger partial charge in [-0.05, 0) is 5.92 Å². The minimum Gasteiger partial charge on any atom is -0.290 e. The molecular formula is C16H16F3N3O. The van der Waals surface area contributed by atoms with Gasteiger partial charge in [-0.15, -0.1) is 5.10 Å². The normalized spacial score (nSPS) is 37.0. The zero-order valence-electron chi connectivity index (χ0n) is 12.5. The molecule has 23 heavy (non-hydrogen) atoms. The zero-order chi connectivity index (χ0) is 16.4. The van der Waals surface area contributed by atoms with Crippen LogP contribution in [0.25, 0.3) is 0 Å². The van der Waals surface area contributed by atoms with Crippen LogP contribution in [-0.2, 0) is 0 Å². The van der Waals surface area contributed by atoms with Crippen LogP contribution in [0.4, 0.5) is 13.2 Å². The van der Waals surface area contributed by atoms with E-state index < -0.39 is 30.2 Å². The lowest BCUT2D eigenvalue weighted by molar-refractivity contribution is 0.0748. The number of carbonyl (C=O) groups excluding carboxylic acids is 1. The molecule has 0 radical (unpaired) electrons. The van der Waals surface area contributed by atoms with Crippen LogP contribution in [0.5, 0.6) is 0 Å². The largest absolute Gasteiger partial charge is 0.290 e. The maximum Gasteiger partial charge on any atom is 0.259 e. The van der Waals surface area contributed by atoms with Crippen molar-refractivity contribution in [1.29, 1.82) is 0 Å². The van der Waals surface area contributed by atoms with Crippen molar-refractivity contribution in [3.8, 4) is 0 Å². The summed E-state index contributed by atoms with van der Waals surface area (Å²) in [5.74, 6) is -5.04. The molecule has 122 valence electrons. The second kappa shape index (κ2) is 4.79. The summed E-state index contributed by atoms with van der Waals surface area (Å²) in [6.07, 6.45) is 6.33. The molecule has 5 atom stereocenters. The molecule has 2 aliphatic carbocycles. The molecule has 0 saturated heterocycles. The number of carbonyl (C=O) groups is 1. The molecule has 1 saturated carbocycles. The summed E-state index contributed by atoms with van der Waals surface area (Å²) in [6, 6.07) is -0.245. The highest BCUT2D eigenvalue weighted by Crippen LogP contribution is 2.50. The fourth-order valence-electron chi connectivity index (χ4n) is 3.50. The van der Waals surface area contributed by atoms with Crippen LogP contribution in [0.2, 0.25) is 0 Å². The maximum atomic E-state index is 14.3. The number of halogens is 3. The van der Waals surface area contributed by atoms with E-state index in [0.717, 1.165) is 0 Å². The van der Waals surface area contributed by atoms with E-state index in [4.69, 9.17) is 0 Å². The van der Waals surface area contributed by atoms with Gasteiger partial charge in [-0.3, -0.25) is 4.79 Å². The van der Waals surface area contributed by atoms with Crippen molar-refractivity contribution in [2.75, 3.05) is 0 Å². The lowest BCUT2D eigenvalue weighted by atomic mass is 9.83. The number of Topliss-reactive ketones (excluding diaryl/α,β-unsaturated/α-hetero) is 1. The van der Waals surface area contributed by atoms with Crippen molar-refractivity contribution in [2.45, 2.75) is 37.9 Å². The average Bonchev–Trinajstić information content (AvgIpc) is 2.86. The van der Waals surface area contributed by atoms with E-state index in [1.165, 1.54) is 4.68 Å². The third-order valence-corrected chi connectivity index (χ3v) is 4.97. The highest BCUT2D eigenvalue weighted by atomic mass is 19.3. The molecule has 7 heteroatoms. The Morgan fingerprint density at radius 2 is 2.04 bits per heavy atom. The quantitative estimate of drug-likeness (QED) is 0.801. The number of nitrogens with zero attached hydrogens (tertiary/aromatic N) is 3. The first kappa shape index (κ1) is 14.7. The van der Waals surface area contributed by atoms with E-state index in [2.05, 4.69) is 10.1 Å². The molecule has 0 aromatic carbocycles. The lowest BCUT2D eigenvalue weighted by Gasteiger charge is -2.26. The first-order chi connectivity index (χ1) is 10.9. The number of fused-ring (bicyclic) bond motifs is 1. The monoisotopic (exact) mass is 323 g/mol. The standard InChI is InChI=1S/C16H16F3N3O/c1-8-4-2-3-5-9(8)12-6-11(17)15-20-14(21-22(12)15)13(23)10-7-16(10,18)19/h2-5,8-12H,6-7H2,1H3/t8?,9?,10-,11+,12+/m1/s1. The molecule has 4 nitrogen and oxygen atoms in total. The van der Waals surface area contributed by atoms with Crippen molar-refractivity contribution < 1.29 is 18.0 Å². The molecule has 0 bridgehead atoms. The third kappa shape index (κ3) is 2.24. The molecular weight excluding hydrogens is 307 g/mol. The number of hydrogen-bond donors (Lipinski definition) is 0. The number of alkyl halides is 3. The minimum absolute atomic E-state index is 0.0477. The number of allylic oxidation sites excluding steroid dienone is 4. The predicted molar refractivity (Wildman–Crippen MR) is 75.8 cm³/mol. The molecule has 1 aromatic heterocycles. The lowest BCUT2D eigenvalue weighted by Crippen LogP contribution is -2.22. The van der Waals surface area contributed by atoms with Gasteiger partial charge in [-0.25, -0.2) is 22.8 Å². The smallest absolute Gasteiger partial charge is 0.259 e. The van der Waals surface area contributed by atoms with E-state index in [1.54, 1.807) is 0 Å². The second-order valence-electron chi connectivity index (χ2n) is 6.60. The van der Waals surface area contributed by atoms with Gasteiger partial charge in [0, 0.05) is 18.8 Å². The number of hydrogen-bond acceptors (Lipinski definition) is 3. The van der Waals surface area contributed by atoms with Gasteiger partial charge < -0.3 is 0 Å². The number of ketones is 1. The van der Waals surface area contributed by atoms with E-state index in [0.29, 0.717) is 0 Å². The van der Waals surface area contributed by atoms with Crippen LogP contribution in [-0.4, -0.2) is 26.5 Å². The van der Waals surface area contributed by atoms with Crippen LogP contribution in [0.1, 0.15) is 48.4 Å². The summed E-state index contributed by atoms with van der Waals surface area (Å²) >= 11 is 0. The molecule has 2 heterocycles. The van der Waals surface area contributed by atoms with Gasteiger partial charge >= 0.3 is 0 Å². The zero-order valence-corrected chi connectivity index (χ0v) is 12.5. The topological polar surface area (TPSA) is 47.8 Å². The Labute approximate surface area is 131 Å². The van der Waals surface area contributed by atoms with Gasteiger partial charge in [0.2, 0.25) is 11.6 Å². The van der Waals surface area contributed by atoms with Gasteiger partial charge in [0.1, 0.15) is 0 Å². The van der Waals surface area contributed by atoms with Crippen LogP contribution < -0.4 is 0 Å². The molecule has 1 aromatic rings. The van der Waals surface area contributed by atoms with Gasteiger partial charge in [-0.2, -0.15) is 0 Å². The Bertz CT molecular complexity index is 724. The van der Waals surface area contributed by atoms with Crippen LogP contribution in [0.15, 0.2) is 24.3 Å². The summed E-state index contributed by atoms with van der Waals surface area (Å²) in [5, 5.41) is 4.08. The van der Waals surface area contributed by atoms with Crippen molar-refractivity contribution in [3.63, 3.8) is 0 Å². The summed E-state index contributed by atoms with van der Waals surface area (Å²) in [6.45, 7) is 2.03. The fraction of sp³-hybridized carbons (Fsp3) is 0.562. The van der Waals surface area contributed by atoms with Gasteiger partial charge in [0.25, 0.3) is 5.92 Å². The Balaban J connectivity index is 1.63. The molecule has 1 aliphatic heterocycles. The van der Waals surface area contributed by atoms with Gasteiger partial charge in [-0.1, -0.05) is 31.2 Å². The number of aromatic nitrogens is 3. The van der Waals surface area contributed by atoms with Gasteiger partial charge in [0.05, 0.1) is 12.0 Å². The van der Waals surface area contributed by atoms with Gasteiger partial charge in [0.15, 0.2) is 12.0 Å². The van der Waals surface area contributed by atoms with Crippen molar-refractivity contribution in [2.24, 2.45) is 17.8 Å². The molecule has 0 N–H and O–H groups in total. The Morgan fingerprint density at radius 1 is 1.35 bits per heavy atom. The molecule has 0 spiro atoms. The van der Waals surface area contributed by atoms with Crippen LogP contribution in [0, 0.1) is 17.8 Å². The fourth-order valence-corrected chi connectivity index (χ4v) is 3.50. The van der Waals surface area contributed by atoms with E-state index in [9.17, 15) is 18.0 Å². The SMILES string of the molecule is CC1C=CC=CC1[C@@H]1C[C@H](F)c2nc(C(=O)[C@H]3CC3(F)F)nn21. The first-order valence-corrected chi connectivity index (χ1v) is 7.76. The molecule has 0 amide bonds. The highest BCUT2D eigenvalue weighted by molar-refractivity contribution is 5.97. The summed E-state index contributed by atoms with van der Waals surface area (Å²) < 4.78 is 41.8. The summed E-state index contributed by atoms with van der Waals surface area (Å²) in [7, 11) is 0. The average molecular weight is 323 g/mol. The van der Waals surface area contributed by atoms with Crippen molar-refractivity contribution in [3.05, 3.63) is 36.0 Å². The first-order valence-electron chi connectivity index (χ1n) is 7.76. The number of rotatable bonds is 3. The Morgan fingerprint density at radius 3 is 2.70 bits per heavy atom. The molecule has 3 aliphatic rings. The van der Waals surface area contributed by atoms with E-state index in [-0.39, 0.29) is 35.9 Å². The molecule has 2 unspecified atom stereocenters. The highest BCUT2D eigenvalue weighted by Gasteiger charge is 2.62. The molecule has 1 fully saturated rings. The van der Waals surface area contributed by atoms with Crippen molar-refractivity contribution >= 4 is 5.78 Å². The van der Waals surface area contributed by atoms with Crippen LogP contribution in [0.3, 0.4) is 0 Å². The van der Waals surface area contributed by atoms with E-state index >= 15 is 0 Å². The summed E-state index contributed by atoms with van der Waals surface area (Å²) in [5.41, 5.74) is 0. The predicted octanol–water partition coefficient (Wildman–Crippen LogP) is 3.45. The van der Waals surface area contributed by atoms with E-state index in [1.807, 2.05) is 31.2 Å². The van der Waals surface area contributed by atoms with Crippen LogP contribution >= 0.6 is 0 Å². The molecule has 4 rings (SSSR count). The minimum atomic E-state index is -2.97. The Kier molecular flexibility index (Phi) is 3.05. The Hall–Kier alpha value is -1.92. The maximum absolute atomic E-state index is 14.3.